The molecule has 2 nitrogen and oxygen atoms in total. The molecule has 0 bridgehead atoms. The van der Waals surface area contributed by atoms with Crippen LogP contribution in [0, 0.1) is 0 Å². The van der Waals surface area contributed by atoms with Gasteiger partial charge in [0.25, 0.3) is 0 Å². The van der Waals surface area contributed by atoms with E-state index >= 15 is 0 Å². The van der Waals surface area contributed by atoms with E-state index in [1.165, 1.54) is 30.7 Å². The number of hydrogen-bond donors (Lipinski definition) is 0. The van der Waals surface area contributed by atoms with E-state index in [0.717, 1.165) is 11.5 Å². The number of hydrogen-bond acceptors (Lipinski definition) is 6. The van der Waals surface area contributed by atoms with Gasteiger partial charge < -0.3 is 9.47 Å². The van der Waals surface area contributed by atoms with Crippen LogP contribution < -0.4 is 9.47 Å². The minimum Gasteiger partial charge on any atom is -0.496 e. The Morgan fingerprint density at radius 1 is 0.577 bits per heavy atom. The lowest BCUT2D eigenvalue weighted by molar-refractivity contribution is 0.401. The summed E-state index contributed by atoms with van der Waals surface area (Å²) in [5, 5.41) is 0. The second kappa shape index (κ2) is 8.63. The summed E-state index contributed by atoms with van der Waals surface area (Å²) in [6, 6.07) is 8.60. The van der Waals surface area contributed by atoms with Gasteiger partial charge in [-0.3, -0.25) is 0 Å². The number of methoxy groups -OCH3 is 2. The molecule has 0 saturated carbocycles. The summed E-state index contributed by atoms with van der Waals surface area (Å²) in [6.07, 6.45) is 0. The van der Waals surface area contributed by atoms with Crippen LogP contribution in [0.2, 0.25) is 0 Å². The normalized spacial score (nSPS) is 13.8. The van der Waals surface area contributed by atoms with Gasteiger partial charge in [0.15, 0.2) is 0 Å². The van der Waals surface area contributed by atoms with Crippen molar-refractivity contribution < 1.29 is 9.47 Å². The molecule has 0 spiro atoms. The molecular formula is C20H24O2S4. The SMILES string of the molecule is COc1ccc(C(C)C)c2c1SSc1c(OC)ccc(C(C)C)c1SS2. The molecule has 0 fully saturated rings. The Balaban J connectivity index is 2.13. The molecule has 1 aliphatic rings. The van der Waals surface area contributed by atoms with E-state index in [1.807, 2.05) is 21.6 Å². The molecule has 2 aromatic rings. The number of rotatable bonds is 4. The first-order chi connectivity index (χ1) is 12.5. The molecule has 6 heteroatoms. The van der Waals surface area contributed by atoms with Crippen LogP contribution in [-0.4, -0.2) is 14.2 Å². The Labute approximate surface area is 172 Å². The topological polar surface area (TPSA) is 18.5 Å². The Morgan fingerprint density at radius 3 is 1.23 bits per heavy atom. The summed E-state index contributed by atoms with van der Waals surface area (Å²) in [7, 11) is 10.7. The fourth-order valence-electron chi connectivity index (χ4n) is 2.85. The first-order valence-corrected chi connectivity index (χ1v) is 12.9. The third kappa shape index (κ3) is 3.84. The van der Waals surface area contributed by atoms with Gasteiger partial charge in [0.1, 0.15) is 11.5 Å². The highest BCUT2D eigenvalue weighted by atomic mass is 33.1. The van der Waals surface area contributed by atoms with E-state index < -0.39 is 0 Å². The second-order valence-corrected chi connectivity index (χ2v) is 11.0. The summed E-state index contributed by atoms with van der Waals surface area (Å²) in [5.74, 6) is 2.83. The minimum absolute atomic E-state index is 0.474. The molecule has 140 valence electrons. The molecule has 0 saturated heterocycles. The lowest BCUT2D eigenvalue weighted by atomic mass is 10.0. The van der Waals surface area contributed by atoms with Crippen molar-refractivity contribution in [1.29, 1.82) is 0 Å². The second-order valence-electron chi connectivity index (χ2n) is 6.67. The Bertz CT molecular complexity index is 735. The molecule has 0 aliphatic carbocycles. The molecule has 0 atom stereocenters. The van der Waals surface area contributed by atoms with Crippen LogP contribution in [0.15, 0.2) is 43.8 Å². The van der Waals surface area contributed by atoms with Gasteiger partial charge in [-0.05, 0) is 56.7 Å². The largest absolute Gasteiger partial charge is 0.496 e. The molecular weight excluding hydrogens is 400 g/mol. The predicted octanol–water partition coefficient (Wildman–Crippen LogP) is 7.86. The third-order valence-electron chi connectivity index (χ3n) is 4.31. The van der Waals surface area contributed by atoms with Crippen molar-refractivity contribution in [3.8, 4) is 11.5 Å². The van der Waals surface area contributed by atoms with E-state index in [0.29, 0.717) is 11.8 Å². The maximum atomic E-state index is 5.66. The predicted molar refractivity (Wildman–Crippen MR) is 118 cm³/mol. The molecule has 1 aliphatic heterocycles. The van der Waals surface area contributed by atoms with Gasteiger partial charge in [0, 0.05) is 9.79 Å². The van der Waals surface area contributed by atoms with Gasteiger partial charge in [0.2, 0.25) is 0 Å². The van der Waals surface area contributed by atoms with E-state index in [2.05, 4.69) is 52.0 Å². The van der Waals surface area contributed by atoms with Crippen molar-refractivity contribution >= 4 is 43.2 Å². The van der Waals surface area contributed by atoms with Gasteiger partial charge >= 0.3 is 0 Å². The molecule has 0 aromatic heterocycles. The van der Waals surface area contributed by atoms with Crippen molar-refractivity contribution in [2.24, 2.45) is 0 Å². The summed E-state index contributed by atoms with van der Waals surface area (Å²) in [6.45, 7) is 9.00. The zero-order chi connectivity index (χ0) is 18.8. The fourth-order valence-corrected chi connectivity index (χ4v) is 9.39. The van der Waals surface area contributed by atoms with Gasteiger partial charge in [-0.1, -0.05) is 61.4 Å². The molecule has 0 unspecified atom stereocenters. The molecule has 3 rings (SSSR count). The highest BCUT2D eigenvalue weighted by Gasteiger charge is 2.25. The molecule has 0 amide bonds. The average Bonchev–Trinajstić information content (AvgIpc) is 2.61. The van der Waals surface area contributed by atoms with Gasteiger partial charge in [0.05, 0.1) is 24.0 Å². The molecule has 1 heterocycles. The number of fused-ring (bicyclic) bond motifs is 2. The van der Waals surface area contributed by atoms with E-state index in [9.17, 15) is 0 Å². The van der Waals surface area contributed by atoms with Gasteiger partial charge in [-0.2, -0.15) is 0 Å². The lowest BCUT2D eigenvalue weighted by Crippen LogP contribution is -1.99. The third-order valence-corrected chi connectivity index (χ3v) is 9.60. The smallest absolute Gasteiger partial charge is 0.134 e. The van der Waals surface area contributed by atoms with Crippen LogP contribution in [0.4, 0.5) is 0 Å². The van der Waals surface area contributed by atoms with Gasteiger partial charge in [-0.25, -0.2) is 0 Å². The van der Waals surface area contributed by atoms with Crippen LogP contribution in [0.3, 0.4) is 0 Å². The number of benzene rings is 2. The van der Waals surface area contributed by atoms with Gasteiger partial charge in [-0.15, -0.1) is 0 Å². The van der Waals surface area contributed by atoms with E-state index in [4.69, 9.17) is 9.47 Å². The van der Waals surface area contributed by atoms with Crippen LogP contribution in [0.25, 0.3) is 0 Å². The highest BCUT2D eigenvalue weighted by Crippen LogP contribution is 2.60. The maximum absolute atomic E-state index is 5.66. The highest BCUT2D eigenvalue weighted by molar-refractivity contribution is 8.79. The first-order valence-electron chi connectivity index (χ1n) is 8.58. The van der Waals surface area contributed by atoms with Crippen LogP contribution in [0.1, 0.15) is 50.7 Å². The summed E-state index contributed by atoms with van der Waals surface area (Å²) in [5.41, 5.74) is 2.76. The van der Waals surface area contributed by atoms with Crippen molar-refractivity contribution in [3.63, 3.8) is 0 Å². The molecule has 2 aromatic carbocycles. The Kier molecular flexibility index (Phi) is 6.70. The van der Waals surface area contributed by atoms with Crippen molar-refractivity contribution in [3.05, 3.63) is 35.4 Å². The zero-order valence-corrected chi connectivity index (χ0v) is 19.2. The maximum Gasteiger partial charge on any atom is 0.134 e. The summed E-state index contributed by atoms with van der Waals surface area (Å²) < 4.78 is 11.3. The van der Waals surface area contributed by atoms with Crippen LogP contribution in [-0.2, 0) is 0 Å². The average molecular weight is 425 g/mol. The molecule has 0 radical (unpaired) electrons. The number of ether oxygens (including phenoxy) is 2. The quantitative estimate of drug-likeness (QED) is 0.462. The Hall–Kier alpha value is -0.560. The Morgan fingerprint density at radius 2 is 0.923 bits per heavy atom. The fraction of sp³-hybridized carbons (Fsp3) is 0.400. The monoisotopic (exact) mass is 424 g/mol. The lowest BCUT2D eigenvalue weighted by Gasteiger charge is -2.24. The van der Waals surface area contributed by atoms with Crippen molar-refractivity contribution in [2.75, 3.05) is 14.2 Å². The molecule has 0 N–H and O–H groups in total. The molecule has 26 heavy (non-hydrogen) atoms. The van der Waals surface area contributed by atoms with Crippen molar-refractivity contribution in [2.45, 2.75) is 59.1 Å². The summed E-state index contributed by atoms with van der Waals surface area (Å²) >= 11 is 0. The first kappa shape index (κ1) is 20.2. The minimum atomic E-state index is 0.474. The van der Waals surface area contributed by atoms with Crippen LogP contribution >= 0.6 is 43.2 Å². The summed E-state index contributed by atoms with van der Waals surface area (Å²) in [4.78, 5) is 5.07. The van der Waals surface area contributed by atoms with E-state index in [-0.39, 0.29) is 0 Å². The van der Waals surface area contributed by atoms with Crippen molar-refractivity contribution in [1.82, 2.24) is 0 Å². The zero-order valence-electron chi connectivity index (χ0n) is 15.9. The van der Waals surface area contributed by atoms with Crippen LogP contribution in [0.5, 0.6) is 11.5 Å². The van der Waals surface area contributed by atoms with E-state index in [1.54, 1.807) is 35.8 Å². The standard InChI is InChI=1S/C20H24O2S4/c1-11(2)13-7-9-15(21-5)19-17(13)23-24-18-14(12(3)4)8-10-16(22-6)20(18)26-25-19/h7-12H,1-6H3.